The van der Waals surface area contributed by atoms with Crippen LogP contribution in [-0.2, 0) is 19.1 Å². The number of carbonyl (C=O) groups excluding carboxylic acids is 3. The molecule has 0 aliphatic carbocycles. The van der Waals surface area contributed by atoms with Crippen molar-refractivity contribution in [3.63, 3.8) is 0 Å². The second-order valence-corrected chi connectivity index (χ2v) is 5.42. The normalized spacial score (nSPS) is 17.5. The average molecular weight is 284 g/mol. The molecular weight excluding hydrogens is 260 g/mol. The minimum Gasteiger partial charge on any atom is -0.469 e. The zero-order chi connectivity index (χ0) is 15.3. The Balaban J connectivity index is 2.46. The molecule has 6 nitrogen and oxygen atoms in total. The molecule has 0 saturated carbocycles. The lowest BCUT2D eigenvalue weighted by Crippen LogP contribution is -2.44. The van der Waals surface area contributed by atoms with Crippen molar-refractivity contribution in [1.82, 2.24) is 9.80 Å². The lowest BCUT2D eigenvalue weighted by atomic mass is 9.95. The van der Waals surface area contributed by atoms with E-state index >= 15 is 0 Å². The average Bonchev–Trinajstić information content (AvgIpc) is 2.45. The SMILES string of the molecule is COC(=O)C(C)CN(C)C(=O)C1CCN(C(C)=O)CC1. The molecule has 1 aliphatic heterocycles. The fraction of sp³-hybridized carbons (Fsp3) is 0.786. The number of nitrogens with zero attached hydrogens (tertiary/aromatic N) is 2. The van der Waals surface area contributed by atoms with Crippen LogP contribution >= 0.6 is 0 Å². The molecule has 0 spiro atoms. The Morgan fingerprint density at radius 2 is 1.85 bits per heavy atom. The highest BCUT2D eigenvalue weighted by Gasteiger charge is 2.29. The number of likely N-dealkylation sites (tertiary alicyclic amines) is 1. The summed E-state index contributed by atoms with van der Waals surface area (Å²) < 4.78 is 4.66. The van der Waals surface area contributed by atoms with Gasteiger partial charge in [0.25, 0.3) is 0 Å². The van der Waals surface area contributed by atoms with Gasteiger partial charge in [-0.1, -0.05) is 6.92 Å². The van der Waals surface area contributed by atoms with E-state index in [9.17, 15) is 14.4 Å². The zero-order valence-corrected chi connectivity index (χ0v) is 12.7. The van der Waals surface area contributed by atoms with Crippen molar-refractivity contribution >= 4 is 17.8 Å². The van der Waals surface area contributed by atoms with Gasteiger partial charge in [-0.25, -0.2) is 0 Å². The van der Waals surface area contributed by atoms with Crippen LogP contribution in [0, 0.1) is 11.8 Å². The molecule has 0 radical (unpaired) electrons. The molecular formula is C14H24N2O4. The lowest BCUT2D eigenvalue weighted by Gasteiger charge is -2.33. The number of amides is 2. The van der Waals surface area contributed by atoms with Crippen LogP contribution in [0.1, 0.15) is 26.7 Å². The molecule has 1 aliphatic rings. The molecule has 0 aromatic rings. The summed E-state index contributed by atoms with van der Waals surface area (Å²) in [7, 11) is 3.05. The van der Waals surface area contributed by atoms with Gasteiger partial charge in [-0.2, -0.15) is 0 Å². The van der Waals surface area contributed by atoms with E-state index in [1.165, 1.54) is 7.11 Å². The molecule has 1 fully saturated rings. The zero-order valence-electron chi connectivity index (χ0n) is 12.7. The first-order valence-electron chi connectivity index (χ1n) is 6.95. The van der Waals surface area contributed by atoms with Gasteiger partial charge in [-0.15, -0.1) is 0 Å². The van der Waals surface area contributed by atoms with Gasteiger partial charge in [-0.05, 0) is 12.8 Å². The van der Waals surface area contributed by atoms with Gasteiger partial charge in [-0.3, -0.25) is 14.4 Å². The number of carbonyl (C=O) groups is 3. The van der Waals surface area contributed by atoms with E-state index in [0.717, 1.165) is 0 Å². The maximum atomic E-state index is 12.3. The summed E-state index contributed by atoms with van der Waals surface area (Å²) in [5.74, 6) is -0.588. The van der Waals surface area contributed by atoms with Crippen LogP contribution in [0.2, 0.25) is 0 Å². The molecule has 0 N–H and O–H groups in total. The third kappa shape index (κ3) is 4.21. The van der Waals surface area contributed by atoms with Crippen molar-refractivity contribution in [2.75, 3.05) is 33.8 Å². The van der Waals surface area contributed by atoms with E-state index < -0.39 is 0 Å². The Labute approximate surface area is 120 Å². The standard InChI is InChI=1S/C14H24N2O4/c1-10(14(19)20-4)9-15(3)13(18)12-5-7-16(8-6-12)11(2)17/h10,12H,5-9H2,1-4H3. The number of piperidine rings is 1. The molecule has 0 aromatic heterocycles. The highest BCUT2D eigenvalue weighted by molar-refractivity contribution is 5.80. The number of rotatable bonds is 4. The van der Waals surface area contributed by atoms with Crippen LogP contribution in [0.25, 0.3) is 0 Å². The summed E-state index contributed by atoms with van der Waals surface area (Å²) in [5, 5.41) is 0. The molecule has 1 atom stereocenters. The smallest absolute Gasteiger partial charge is 0.310 e. The van der Waals surface area contributed by atoms with Crippen molar-refractivity contribution in [2.24, 2.45) is 11.8 Å². The topological polar surface area (TPSA) is 66.9 Å². The van der Waals surface area contributed by atoms with Gasteiger partial charge in [0, 0.05) is 39.5 Å². The van der Waals surface area contributed by atoms with Crippen molar-refractivity contribution in [2.45, 2.75) is 26.7 Å². The minimum absolute atomic E-state index is 0.0453. The van der Waals surface area contributed by atoms with Gasteiger partial charge in [0.05, 0.1) is 13.0 Å². The van der Waals surface area contributed by atoms with E-state index in [2.05, 4.69) is 4.74 Å². The summed E-state index contributed by atoms with van der Waals surface area (Å²) in [6.07, 6.45) is 1.38. The molecule has 1 heterocycles. The monoisotopic (exact) mass is 284 g/mol. The Morgan fingerprint density at radius 1 is 1.30 bits per heavy atom. The summed E-state index contributed by atoms with van der Waals surface area (Å²) in [6, 6.07) is 0. The number of methoxy groups -OCH3 is 1. The molecule has 1 unspecified atom stereocenters. The fourth-order valence-electron chi connectivity index (χ4n) is 2.53. The van der Waals surface area contributed by atoms with E-state index in [0.29, 0.717) is 32.5 Å². The van der Waals surface area contributed by atoms with Gasteiger partial charge < -0.3 is 14.5 Å². The highest BCUT2D eigenvalue weighted by atomic mass is 16.5. The van der Waals surface area contributed by atoms with Crippen molar-refractivity contribution in [3.8, 4) is 0 Å². The van der Waals surface area contributed by atoms with Crippen molar-refractivity contribution < 1.29 is 19.1 Å². The second kappa shape index (κ2) is 7.26. The van der Waals surface area contributed by atoms with Crippen molar-refractivity contribution in [3.05, 3.63) is 0 Å². The number of ether oxygens (including phenoxy) is 1. The molecule has 114 valence electrons. The first kappa shape index (κ1) is 16.5. The van der Waals surface area contributed by atoms with Crippen LogP contribution in [-0.4, -0.2) is 61.4 Å². The molecule has 6 heteroatoms. The van der Waals surface area contributed by atoms with Gasteiger partial charge in [0.15, 0.2) is 0 Å². The van der Waals surface area contributed by atoms with E-state index in [1.807, 2.05) is 0 Å². The van der Waals surface area contributed by atoms with Gasteiger partial charge in [0.1, 0.15) is 0 Å². The fourth-order valence-corrected chi connectivity index (χ4v) is 2.53. The van der Waals surface area contributed by atoms with E-state index in [4.69, 9.17) is 0 Å². The largest absolute Gasteiger partial charge is 0.469 e. The van der Waals surface area contributed by atoms with Gasteiger partial charge >= 0.3 is 5.97 Å². The molecule has 0 aromatic carbocycles. The quantitative estimate of drug-likeness (QED) is 0.706. The Kier molecular flexibility index (Phi) is 5.98. The van der Waals surface area contributed by atoms with E-state index in [-0.39, 0.29) is 29.6 Å². The number of esters is 1. The maximum Gasteiger partial charge on any atom is 0.310 e. The van der Waals surface area contributed by atoms with Crippen LogP contribution in [0.15, 0.2) is 0 Å². The summed E-state index contributed by atoms with van der Waals surface area (Å²) >= 11 is 0. The molecule has 1 rings (SSSR count). The number of hydrogen-bond acceptors (Lipinski definition) is 4. The summed E-state index contributed by atoms with van der Waals surface area (Å²) in [6.45, 7) is 4.91. The highest BCUT2D eigenvalue weighted by Crippen LogP contribution is 2.19. The molecule has 2 amide bonds. The van der Waals surface area contributed by atoms with Crippen LogP contribution in [0.5, 0.6) is 0 Å². The Bertz CT molecular complexity index is 375. The van der Waals surface area contributed by atoms with Crippen molar-refractivity contribution in [1.29, 1.82) is 0 Å². The van der Waals surface area contributed by atoms with Gasteiger partial charge in [0.2, 0.25) is 11.8 Å². The third-order valence-corrected chi connectivity index (χ3v) is 3.82. The van der Waals surface area contributed by atoms with E-state index in [1.54, 1.807) is 30.7 Å². The Morgan fingerprint density at radius 3 is 2.30 bits per heavy atom. The van der Waals surface area contributed by atoms with Crippen LogP contribution in [0.3, 0.4) is 0 Å². The predicted molar refractivity (Wildman–Crippen MR) is 73.8 cm³/mol. The van der Waals surface area contributed by atoms with Crippen LogP contribution in [0.4, 0.5) is 0 Å². The lowest BCUT2D eigenvalue weighted by molar-refractivity contribution is -0.147. The minimum atomic E-state index is -0.328. The first-order chi connectivity index (χ1) is 9.36. The predicted octanol–water partition coefficient (Wildman–Crippen LogP) is 0.512. The third-order valence-electron chi connectivity index (χ3n) is 3.82. The second-order valence-electron chi connectivity index (χ2n) is 5.42. The molecule has 1 saturated heterocycles. The maximum absolute atomic E-state index is 12.3. The molecule has 20 heavy (non-hydrogen) atoms. The summed E-state index contributed by atoms with van der Waals surface area (Å²) in [5.41, 5.74) is 0. The Hall–Kier alpha value is -1.59. The summed E-state index contributed by atoms with van der Waals surface area (Å²) in [4.78, 5) is 38.3. The van der Waals surface area contributed by atoms with Crippen LogP contribution < -0.4 is 0 Å². The molecule has 0 bridgehead atoms. The first-order valence-corrected chi connectivity index (χ1v) is 6.95. The number of hydrogen-bond donors (Lipinski definition) is 0.